The minimum Gasteiger partial charge on any atom is -0.466 e. The minimum atomic E-state index is -0.785. The van der Waals surface area contributed by atoms with Gasteiger partial charge in [-0.15, -0.1) is 0 Å². The van der Waals surface area contributed by atoms with Gasteiger partial charge in [-0.2, -0.15) is 0 Å². The van der Waals surface area contributed by atoms with Crippen LogP contribution in [0.3, 0.4) is 0 Å². The fourth-order valence-corrected chi connectivity index (χ4v) is 3.17. The maximum absolute atomic E-state index is 12.1. The molecular formula is C14H22O5. The molecular weight excluding hydrogens is 248 g/mol. The highest BCUT2D eigenvalue weighted by Gasteiger charge is 2.53. The molecule has 0 aromatic heterocycles. The molecule has 0 aromatic carbocycles. The molecule has 0 bridgehead atoms. The van der Waals surface area contributed by atoms with Crippen molar-refractivity contribution in [2.24, 2.45) is 11.8 Å². The third kappa shape index (κ3) is 2.91. The Morgan fingerprint density at radius 1 is 1.05 bits per heavy atom. The molecule has 0 aromatic rings. The van der Waals surface area contributed by atoms with Gasteiger partial charge in [0.05, 0.1) is 25.2 Å². The highest BCUT2D eigenvalue weighted by Crippen LogP contribution is 2.42. The van der Waals surface area contributed by atoms with E-state index in [1.807, 2.05) is 0 Å². The van der Waals surface area contributed by atoms with E-state index in [4.69, 9.17) is 14.2 Å². The summed E-state index contributed by atoms with van der Waals surface area (Å²) in [6.07, 6.45) is 3.22. The molecule has 2 aliphatic rings. The summed E-state index contributed by atoms with van der Waals surface area (Å²) in [5.41, 5.74) is 0. The summed E-state index contributed by atoms with van der Waals surface area (Å²) in [5.74, 6) is -1.16. The maximum atomic E-state index is 12.1. The van der Waals surface area contributed by atoms with Crippen molar-refractivity contribution >= 4 is 11.9 Å². The Morgan fingerprint density at radius 2 is 1.68 bits per heavy atom. The van der Waals surface area contributed by atoms with Crippen molar-refractivity contribution < 1.29 is 23.8 Å². The second-order valence-corrected chi connectivity index (χ2v) is 5.07. The molecule has 5 heteroatoms. The van der Waals surface area contributed by atoms with Crippen molar-refractivity contribution in [1.82, 2.24) is 0 Å². The van der Waals surface area contributed by atoms with Crippen LogP contribution < -0.4 is 0 Å². The lowest BCUT2D eigenvalue weighted by molar-refractivity contribution is -0.165. The van der Waals surface area contributed by atoms with Crippen molar-refractivity contribution in [1.29, 1.82) is 0 Å². The van der Waals surface area contributed by atoms with Crippen LogP contribution in [-0.4, -0.2) is 37.4 Å². The molecule has 0 spiro atoms. The number of hydrogen-bond acceptors (Lipinski definition) is 5. The molecule has 0 amide bonds. The van der Waals surface area contributed by atoms with Gasteiger partial charge in [-0.25, -0.2) is 4.79 Å². The Bertz CT molecular complexity index is 341. The molecule has 5 nitrogen and oxygen atoms in total. The van der Waals surface area contributed by atoms with E-state index in [0.29, 0.717) is 13.2 Å². The number of carbonyl (C=O) groups is 2. The van der Waals surface area contributed by atoms with Gasteiger partial charge >= 0.3 is 11.9 Å². The SMILES string of the molecule is CCOC(=O)[C@@H]1[C@@H]2CCCC[C@@H]2O[C@H]1C(=O)OCC. The van der Waals surface area contributed by atoms with Gasteiger partial charge in [0, 0.05) is 5.92 Å². The summed E-state index contributed by atoms with van der Waals surface area (Å²) in [6.45, 7) is 4.14. The van der Waals surface area contributed by atoms with E-state index >= 15 is 0 Å². The number of fused-ring (bicyclic) bond motifs is 1. The lowest BCUT2D eigenvalue weighted by atomic mass is 9.78. The van der Waals surface area contributed by atoms with E-state index in [2.05, 4.69) is 0 Å². The van der Waals surface area contributed by atoms with E-state index in [9.17, 15) is 9.59 Å². The monoisotopic (exact) mass is 270 g/mol. The molecule has 0 N–H and O–H groups in total. The van der Waals surface area contributed by atoms with Crippen LogP contribution >= 0.6 is 0 Å². The molecule has 19 heavy (non-hydrogen) atoms. The van der Waals surface area contributed by atoms with Crippen LogP contribution in [0.2, 0.25) is 0 Å². The summed E-state index contributed by atoms with van der Waals surface area (Å²) in [4.78, 5) is 24.1. The maximum Gasteiger partial charge on any atom is 0.336 e. The van der Waals surface area contributed by atoms with Crippen molar-refractivity contribution in [3.05, 3.63) is 0 Å². The van der Waals surface area contributed by atoms with Crippen LogP contribution in [0.15, 0.2) is 0 Å². The van der Waals surface area contributed by atoms with E-state index in [1.54, 1.807) is 13.8 Å². The summed E-state index contributed by atoms with van der Waals surface area (Å²) in [7, 11) is 0. The molecule has 4 atom stereocenters. The Balaban J connectivity index is 2.15. The van der Waals surface area contributed by atoms with Gasteiger partial charge in [0.15, 0.2) is 6.10 Å². The summed E-state index contributed by atoms with van der Waals surface area (Å²) < 4.78 is 15.9. The van der Waals surface area contributed by atoms with Crippen LogP contribution in [0.4, 0.5) is 0 Å². The highest BCUT2D eigenvalue weighted by atomic mass is 16.6. The Morgan fingerprint density at radius 3 is 2.37 bits per heavy atom. The largest absolute Gasteiger partial charge is 0.466 e. The average molecular weight is 270 g/mol. The standard InChI is InChI=1S/C14H22O5/c1-3-17-13(15)11-9-7-5-6-8-10(9)19-12(11)14(16)18-4-2/h9-12H,3-8H2,1-2H3/t9-,10+,11-,12-/m1/s1. The summed E-state index contributed by atoms with van der Waals surface area (Å²) in [5, 5.41) is 0. The summed E-state index contributed by atoms with van der Waals surface area (Å²) in [6, 6.07) is 0. The fourth-order valence-electron chi connectivity index (χ4n) is 3.17. The molecule has 1 aliphatic carbocycles. The lowest BCUT2D eigenvalue weighted by Gasteiger charge is -2.26. The first-order valence-electron chi connectivity index (χ1n) is 7.17. The molecule has 108 valence electrons. The smallest absolute Gasteiger partial charge is 0.336 e. The first-order chi connectivity index (χ1) is 9.19. The highest BCUT2D eigenvalue weighted by molar-refractivity contribution is 5.85. The van der Waals surface area contributed by atoms with Gasteiger partial charge in [0.25, 0.3) is 0 Å². The zero-order valence-corrected chi connectivity index (χ0v) is 11.6. The van der Waals surface area contributed by atoms with Gasteiger partial charge < -0.3 is 14.2 Å². The first-order valence-corrected chi connectivity index (χ1v) is 7.17. The molecule has 2 fully saturated rings. The van der Waals surface area contributed by atoms with Gasteiger partial charge in [-0.05, 0) is 26.7 Å². The second kappa shape index (κ2) is 6.37. The molecule has 1 saturated heterocycles. The number of carbonyl (C=O) groups excluding carboxylic acids is 2. The van der Waals surface area contributed by atoms with Gasteiger partial charge in [0.2, 0.25) is 0 Å². The predicted octanol–water partition coefficient (Wildman–Crippen LogP) is 1.69. The van der Waals surface area contributed by atoms with Crippen LogP contribution in [-0.2, 0) is 23.8 Å². The number of esters is 2. The van der Waals surface area contributed by atoms with Crippen molar-refractivity contribution in [2.75, 3.05) is 13.2 Å². The summed E-state index contributed by atoms with van der Waals surface area (Å²) >= 11 is 0. The molecule has 2 rings (SSSR count). The van der Waals surface area contributed by atoms with Crippen LogP contribution in [0.25, 0.3) is 0 Å². The third-order valence-electron chi connectivity index (χ3n) is 3.94. The topological polar surface area (TPSA) is 61.8 Å². The normalized spacial score (nSPS) is 33.6. The fraction of sp³-hybridized carbons (Fsp3) is 0.857. The quantitative estimate of drug-likeness (QED) is 0.727. The Labute approximate surface area is 113 Å². The Hall–Kier alpha value is -1.10. The molecule has 1 saturated carbocycles. The van der Waals surface area contributed by atoms with Gasteiger partial charge in [-0.3, -0.25) is 4.79 Å². The van der Waals surface area contributed by atoms with Crippen LogP contribution in [0.1, 0.15) is 39.5 Å². The van der Waals surface area contributed by atoms with Crippen molar-refractivity contribution in [3.63, 3.8) is 0 Å². The van der Waals surface area contributed by atoms with Crippen LogP contribution in [0.5, 0.6) is 0 Å². The number of ether oxygens (including phenoxy) is 3. The number of rotatable bonds is 4. The minimum absolute atomic E-state index is 0.00226. The molecule has 1 aliphatic heterocycles. The van der Waals surface area contributed by atoms with E-state index in [1.165, 1.54) is 0 Å². The lowest BCUT2D eigenvalue weighted by Crippen LogP contribution is -2.37. The Kier molecular flexibility index (Phi) is 4.80. The van der Waals surface area contributed by atoms with E-state index in [-0.39, 0.29) is 18.0 Å². The predicted molar refractivity (Wildman–Crippen MR) is 67.4 cm³/mol. The molecule has 0 unspecified atom stereocenters. The van der Waals surface area contributed by atoms with Crippen molar-refractivity contribution in [2.45, 2.75) is 51.7 Å². The van der Waals surface area contributed by atoms with Crippen LogP contribution in [0, 0.1) is 11.8 Å². The second-order valence-electron chi connectivity index (χ2n) is 5.07. The van der Waals surface area contributed by atoms with Gasteiger partial charge in [-0.1, -0.05) is 12.8 Å². The van der Waals surface area contributed by atoms with Gasteiger partial charge in [0.1, 0.15) is 0 Å². The first kappa shape index (κ1) is 14.3. The van der Waals surface area contributed by atoms with E-state index in [0.717, 1.165) is 25.7 Å². The average Bonchev–Trinajstić information content (AvgIpc) is 2.78. The number of hydrogen-bond donors (Lipinski definition) is 0. The zero-order valence-electron chi connectivity index (χ0n) is 11.6. The molecule has 1 heterocycles. The third-order valence-corrected chi connectivity index (χ3v) is 3.94. The van der Waals surface area contributed by atoms with Crippen molar-refractivity contribution in [3.8, 4) is 0 Å². The molecule has 0 radical (unpaired) electrons. The van der Waals surface area contributed by atoms with E-state index < -0.39 is 18.0 Å². The zero-order chi connectivity index (χ0) is 13.8.